The molecule has 2 aromatic carbocycles. The summed E-state index contributed by atoms with van der Waals surface area (Å²) < 4.78 is 41.5. The summed E-state index contributed by atoms with van der Waals surface area (Å²) in [5, 5.41) is 5.46. The number of benzene rings is 2. The van der Waals surface area contributed by atoms with Crippen molar-refractivity contribution in [2.45, 2.75) is 25.7 Å². The third-order valence-corrected chi connectivity index (χ3v) is 4.38. The fraction of sp³-hybridized carbons (Fsp3) is 0.300. The highest BCUT2D eigenvalue weighted by molar-refractivity contribution is 5.93. The number of nitrogens with zero attached hydrogens (tertiary/aromatic N) is 2. The van der Waals surface area contributed by atoms with Crippen molar-refractivity contribution in [1.29, 1.82) is 0 Å². The number of halogens is 3. The van der Waals surface area contributed by atoms with E-state index in [4.69, 9.17) is 5.73 Å². The summed E-state index contributed by atoms with van der Waals surface area (Å²) in [7, 11) is 0. The Labute approximate surface area is 171 Å². The van der Waals surface area contributed by atoms with Crippen molar-refractivity contribution in [3.8, 4) is 5.75 Å². The molecule has 0 aliphatic carbocycles. The van der Waals surface area contributed by atoms with E-state index in [0.717, 1.165) is 31.5 Å². The van der Waals surface area contributed by atoms with E-state index in [1.165, 1.54) is 18.2 Å². The monoisotopic (exact) mass is 421 g/mol. The van der Waals surface area contributed by atoms with Gasteiger partial charge in [0.2, 0.25) is 0 Å². The van der Waals surface area contributed by atoms with Crippen LogP contribution in [0.1, 0.15) is 18.4 Å². The Balaban J connectivity index is 1.61. The second-order valence-electron chi connectivity index (χ2n) is 6.70. The van der Waals surface area contributed by atoms with Gasteiger partial charge in [-0.15, -0.1) is 13.2 Å². The molecule has 7 nitrogen and oxygen atoms in total. The molecule has 10 heteroatoms. The smallest absolute Gasteiger partial charge is 0.404 e. The minimum atomic E-state index is -4.82. The number of hydrogen-bond donors (Lipinski definition) is 3. The molecule has 1 heterocycles. The Morgan fingerprint density at radius 1 is 1.10 bits per heavy atom. The molecular formula is C20H22F3N5O2. The highest BCUT2D eigenvalue weighted by Crippen LogP contribution is 2.29. The second-order valence-corrected chi connectivity index (χ2v) is 6.70. The normalized spacial score (nSPS) is 14.5. The third-order valence-electron chi connectivity index (χ3n) is 4.38. The average molecular weight is 421 g/mol. The molecule has 1 aliphatic heterocycles. The Hall–Kier alpha value is -3.43. The molecule has 30 heavy (non-hydrogen) atoms. The quantitative estimate of drug-likeness (QED) is 0.500. The molecule has 0 unspecified atom stereocenters. The van der Waals surface area contributed by atoms with Crippen LogP contribution in [0.2, 0.25) is 0 Å². The summed E-state index contributed by atoms with van der Waals surface area (Å²) in [6, 6.07) is 12.5. The van der Waals surface area contributed by atoms with Gasteiger partial charge < -0.3 is 26.0 Å². The molecule has 2 amide bonds. The van der Waals surface area contributed by atoms with E-state index in [0.29, 0.717) is 5.69 Å². The topological polar surface area (TPSA) is 92.0 Å². The zero-order valence-electron chi connectivity index (χ0n) is 16.1. The highest BCUT2D eigenvalue weighted by Gasteiger charge is 2.32. The van der Waals surface area contributed by atoms with Crippen LogP contribution in [0.4, 0.5) is 29.3 Å². The molecule has 0 bridgehead atoms. The van der Waals surface area contributed by atoms with Crippen LogP contribution in [0.25, 0.3) is 0 Å². The minimum absolute atomic E-state index is 0.0442. The van der Waals surface area contributed by atoms with E-state index in [1.54, 1.807) is 29.2 Å². The number of nitrogens with one attached hydrogen (secondary N) is 2. The number of carbonyl (C=O) groups excluding carboxylic acids is 1. The van der Waals surface area contributed by atoms with E-state index >= 15 is 0 Å². The van der Waals surface area contributed by atoms with Crippen molar-refractivity contribution in [2.24, 2.45) is 10.7 Å². The van der Waals surface area contributed by atoms with Crippen LogP contribution in [0, 0.1) is 0 Å². The molecule has 1 fully saturated rings. The number of ether oxygens (including phenoxy) is 1. The number of hydrogen-bond acceptors (Lipinski definition) is 3. The number of urea groups is 1. The van der Waals surface area contributed by atoms with Crippen molar-refractivity contribution in [3.05, 3.63) is 54.1 Å². The predicted octanol–water partition coefficient (Wildman–Crippen LogP) is 4.14. The van der Waals surface area contributed by atoms with E-state index in [2.05, 4.69) is 20.4 Å². The van der Waals surface area contributed by atoms with Crippen LogP contribution in [0.5, 0.6) is 5.75 Å². The van der Waals surface area contributed by atoms with Gasteiger partial charge in [0.15, 0.2) is 11.7 Å². The molecule has 0 saturated carbocycles. The van der Waals surface area contributed by atoms with Crippen molar-refractivity contribution in [3.63, 3.8) is 0 Å². The highest BCUT2D eigenvalue weighted by atomic mass is 19.4. The van der Waals surface area contributed by atoms with E-state index < -0.39 is 12.1 Å². The van der Waals surface area contributed by atoms with Gasteiger partial charge in [0, 0.05) is 18.8 Å². The minimum Gasteiger partial charge on any atom is -0.404 e. The van der Waals surface area contributed by atoms with Gasteiger partial charge in [0.1, 0.15) is 0 Å². The molecule has 4 N–H and O–H groups in total. The van der Waals surface area contributed by atoms with Gasteiger partial charge in [-0.2, -0.15) is 0 Å². The lowest BCUT2D eigenvalue weighted by molar-refractivity contribution is -0.274. The summed E-state index contributed by atoms with van der Waals surface area (Å²) in [5.41, 5.74) is 7.27. The maximum atomic E-state index is 12.5. The number of aliphatic imine (C=N–C) groups is 1. The standard InChI is InChI=1S/C20H22F3N5O2/c21-20(22,23)30-17-9-2-1-8-16(17)27-18(24)25-13-14-6-5-7-15(12-14)26-19(29)28-10-3-4-11-28/h1-2,5-9,12H,3-4,10-11,13H2,(H,26,29)(H3,24,25,27). The molecule has 1 saturated heterocycles. The Kier molecular flexibility index (Phi) is 6.65. The molecule has 0 radical (unpaired) electrons. The molecule has 0 aromatic heterocycles. The molecule has 1 aliphatic rings. The van der Waals surface area contributed by atoms with Gasteiger partial charge >= 0.3 is 12.4 Å². The van der Waals surface area contributed by atoms with E-state index in [-0.39, 0.29) is 24.2 Å². The van der Waals surface area contributed by atoms with Crippen molar-refractivity contribution in [2.75, 3.05) is 23.7 Å². The Bertz CT molecular complexity index is 911. The molecule has 2 aromatic rings. The Morgan fingerprint density at radius 3 is 2.57 bits per heavy atom. The van der Waals surface area contributed by atoms with Gasteiger partial charge in [0.05, 0.1) is 12.2 Å². The lowest BCUT2D eigenvalue weighted by Crippen LogP contribution is -2.32. The number of nitrogens with two attached hydrogens (primary N) is 1. The number of alkyl halides is 3. The van der Waals surface area contributed by atoms with Gasteiger partial charge in [0.25, 0.3) is 0 Å². The number of guanidine groups is 1. The van der Waals surface area contributed by atoms with Crippen molar-refractivity contribution < 1.29 is 22.7 Å². The maximum Gasteiger partial charge on any atom is 0.573 e. The molecular weight excluding hydrogens is 399 g/mol. The van der Waals surface area contributed by atoms with E-state index in [9.17, 15) is 18.0 Å². The number of amides is 2. The summed E-state index contributed by atoms with van der Waals surface area (Å²) >= 11 is 0. The first-order chi connectivity index (χ1) is 14.3. The van der Waals surface area contributed by atoms with Gasteiger partial charge in [-0.3, -0.25) is 0 Å². The fourth-order valence-corrected chi connectivity index (χ4v) is 3.01. The molecule has 0 atom stereocenters. The number of rotatable bonds is 5. The third kappa shape index (κ3) is 6.29. The van der Waals surface area contributed by atoms with Crippen LogP contribution < -0.4 is 21.1 Å². The summed E-state index contributed by atoms with van der Waals surface area (Å²) in [6.45, 7) is 1.67. The van der Waals surface area contributed by atoms with Crippen LogP contribution in [0.3, 0.4) is 0 Å². The number of carbonyl (C=O) groups is 1. The molecule has 3 rings (SSSR count). The summed E-state index contributed by atoms with van der Waals surface area (Å²) in [5.74, 6) is -0.477. The second kappa shape index (κ2) is 9.38. The van der Waals surface area contributed by atoms with Crippen LogP contribution >= 0.6 is 0 Å². The van der Waals surface area contributed by atoms with Gasteiger partial charge in [-0.05, 0) is 42.7 Å². The van der Waals surface area contributed by atoms with Crippen LogP contribution in [-0.4, -0.2) is 36.3 Å². The fourth-order valence-electron chi connectivity index (χ4n) is 3.01. The molecule has 0 spiro atoms. The van der Waals surface area contributed by atoms with Gasteiger partial charge in [-0.1, -0.05) is 24.3 Å². The Morgan fingerprint density at radius 2 is 1.83 bits per heavy atom. The zero-order chi connectivity index (χ0) is 21.6. The SMILES string of the molecule is NC(=NCc1cccc(NC(=O)N2CCCC2)c1)Nc1ccccc1OC(F)(F)F. The van der Waals surface area contributed by atoms with Crippen molar-refractivity contribution >= 4 is 23.4 Å². The largest absolute Gasteiger partial charge is 0.573 e. The average Bonchev–Trinajstić information content (AvgIpc) is 3.22. The predicted molar refractivity (Wildman–Crippen MR) is 108 cm³/mol. The summed E-state index contributed by atoms with van der Waals surface area (Å²) in [4.78, 5) is 18.1. The van der Waals surface area contributed by atoms with Gasteiger partial charge in [-0.25, -0.2) is 9.79 Å². The summed E-state index contributed by atoms with van der Waals surface area (Å²) in [6.07, 6.45) is -2.80. The molecule has 160 valence electrons. The lowest BCUT2D eigenvalue weighted by Gasteiger charge is -2.16. The lowest BCUT2D eigenvalue weighted by atomic mass is 10.2. The van der Waals surface area contributed by atoms with Crippen molar-refractivity contribution in [1.82, 2.24) is 4.90 Å². The number of anilines is 2. The van der Waals surface area contributed by atoms with Crippen LogP contribution in [0.15, 0.2) is 53.5 Å². The first kappa shape index (κ1) is 21.3. The zero-order valence-corrected chi connectivity index (χ0v) is 16.1. The first-order valence-corrected chi connectivity index (χ1v) is 9.37. The number of likely N-dealkylation sites (tertiary alicyclic amines) is 1. The maximum absolute atomic E-state index is 12.5. The number of para-hydroxylation sites is 2. The van der Waals surface area contributed by atoms with Crippen LogP contribution in [-0.2, 0) is 6.54 Å². The first-order valence-electron chi connectivity index (χ1n) is 9.37. The van der Waals surface area contributed by atoms with E-state index in [1.807, 2.05) is 6.07 Å².